The first-order valence-electron chi connectivity index (χ1n) is 6.42. The van der Waals surface area contributed by atoms with Crippen LogP contribution in [0.15, 0.2) is 12.1 Å². The Labute approximate surface area is 110 Å². The van der Waals surface area contributed by atoms with E-state index < -0.39 is 11.6 Å². The molecule has 1 fully saturated rings. The molecule has 102 valence electrons. The maximum Gasteiger partial charge on any atom is 0.183 e. The lowest BCUT2D eigenvalue weighted by molar-refractivity contribution is 0.111. The van der Waals surface area contributed by atoms with Crippen LogP contribution < -0.4 is 5.32 Å². The standard InChI is InChI=1S/C14H16F2N2O/c15-13-10(7-17)3-6-12(14(13)16)18-8-9-1-4-11(19)5-2-9/h3,6,9,11,18-19H,1-2,4-5,8H2. The van der Waals surface area contributed by atoms with Crippen molar-refractivity contribution in [1.29, 1.82) is 5.26 Å². The van der Waals surface area contributed by atoms with Gasteiger partial charge in [0.05, 0.1) is 17.4 Å². The number of hydrogen-bond acceptors (Lipinski definition) is 3. The summed E-state index contributed by atoms with van der Waals surface area (Å²) in [6, 6.07) is 4.26. The molecule has 1 saturated carbocycles. The van der Waals surface area contributed by atoms with Crippen LogP contribution in [0.1, 0.15) is 31.2 Å². The number of nitriles is 1. The molecule has 0 saturated heterocycles. The minimum Gasteiger partial charge on any atom is -0.393 e. The van der Waals surface area contributed by atoms with Crippen molar-refractivity contribution < 1.29 is 13.9 Å². The fourth-order valence-corrected chi connectivity index (χ4v) is 2.38. The van der Waals surface area contributed by atoms with Crippen LogP contribution in [0.4, 0.5) is 14.5 Å². The van der Waals surface area contributed by atoms with Crippen LogP contribution in [0.5, 0.6) is 0 Å². The zero-order valence-corrected chi connectivity index (χ0v) is 10.5. The van der Waals surface area contributed by atoms with Crippen molar-refractivity contribution in [2.45, 2.75) is 31.8 Å². The topological polar surface area (TPSA) is 56.0 Å². The van der Waals surface area contributed by atoms with Crippen LogP contribution in [0.25, 0.3) is 0 Å². The highest BCUT2D eigenvalue weighted by molar-refractivity contribution is 5.49. The minimum absolute atomic E-state index is 0.0858. The van der Waals surface area contributed by atoms with E-state index in [9.17, 15) is 13.9 Å². The molecule has 1 aromatic rings. The number of aliphatic hydroxyl groups is 1. The van der Waals surface area contributed by atoms with Gasteiger partial charge in [0.1, 0.15) is 6.07 Å². The van der Waals surface area contributed by atoms with Gasteiger partial charge in [-0.25, -0.2) is 8.78 Å². The van der Waals surface area contributed by atoms with E-state index in [1.54, 1.807) is 6.07 Å². The summed E-state index contributed by atoms with van der Waals surface area (Å²) in [5.41, 5.74) is -0.202. The Kier molecular flexibility index (Phi) is 4.33. The molecule has 19 heavy (non-hydrogen) atoms. The van der Waals surface area contributed by atoms with Crippen molar-refractivity contribution in [3.63, 3.8) is 0 Å². The van der Waals surface area contributed by atoms with Gasteiger partial charge in [-0.1, -0.05) is 0 Å². The molecule has 1 aliphatic rings. The van der Waals surface area contributed by atoms with Gasteiger partial charge in [-0.2, -0.15) is 5.26 Å². The number of nitrogens with one attached hydrogen (secondary N) is 1. The molecular formula is C14H16F2N2O. The van der Waals surface area contributed by atoms with E-state index in [0.29, 0.717) is 12.5 Å². The highest BCUT2D eigenvalue weighted by Crippen LogP contribution is 2.26. The molecule has 5 heteroatoms. The fourth-order valence-electron chi connectivity index (χ4n) is 2.38. The van der Waals surface area contributed by atoms with Gasteiger partial charge in [0.25, 0.3) is 0 Å². The molecule has 2 rings (SSSR count). The number of benzene rings is 1. The average molecular weight is 266 g/mol. The molecule has 0 radical (unpaired) electrons. The Morgan fingerprint density at radius 2 is 1.89 bits per heavy atom. The largest absolute Gasteiger partial charge is 0.393 e. The van der Waals surface area contributed by atoms with E-state index in [2.05, 4.69) is 5.32 Å². The van der Waals surface area contributed by atoms with Crippen molar-refractivity contribution in [2.75, 3.05) is 11.9 Å². The zero-order chi connectivity index (χ0) is 13.8. The van der Waals surface area contributed by atoms with E-state index in [-0.39, 0.29) is 17.4 Å². The molecule has 0 aliphatic heterocycles. The second-order valence-electron chi connectivity index (χ2n) is 4.96. The number of hydrogen-bond donors (Lipinski definition) is 2. The molecule has 0 bridgehead atoms. The van der Waals surface area contributed by atoms with Crippen molar-refractivity contribution in [1.82, 2.24) is 0 Å². The third kappa shape index (κ3) is 3.21. The molecule has 0 aromatic heterocycles. The third-order valence-electron chi connectivity index (χ3n) is 3.60. The van der Waals surface area contributed by atoms with Crippen molar-refractivity contribution in [3.8, 4) is 6.07 Å². The highest BCUT2D eigenvalue weighted by atomic mass is 19.2. The second-order valence-corrected chi connectivity index (χ2v) is 4.96. The Balaban J connectivity index is 1.97. The van der Waals surface area contributed by atoms with Crippen LogP contribution in [0, 0.1) is 28.9 Å². The van der Waals surface area contributed by atoms with Crippen LogP contribution in [-0.4, -0.2) is 17.8 Å². The van der Waals surface area contributed by atoms with E-state index in [1.807, 2.05) is 0 Å². The Hall–Kier alpha value is -1.67. The summed E-state index contributed by atoms with van der Waals surface area (Å²) in [5.74, 6) is -1.75. The van der Waals surface area contributed by atoms with Gasteiger partial charge in [-0.05, 0) is 43.7 Å². The second kappa shape index (κ2) is 5.98. The lowest BCUT2D eigenvalue weighted by Crippen LogP contribution is -2.23. The van der Waals surface area contributed by atoms with Crippen LogP contribution in [-0.2, 0) is 0 Å². The summed E-state index contributed by atoms with van der Waals surface area (Å²) >= 11 is 0. The van der Waals surface area contributed by atoms with Gasteiger partial charge >= 0.3 is 0 Å². The van der Waals surface area contributed by atoms with Gasteiger partial charge in [0.15, 0.2) is 11.6 Å². The summed E-state index contributed by atoms with van der Waals surface area (Å²) in [4.78, 5) is 0. The maximum absolute atomic E-state index is 13.6. The summed E-state index contributed by atoms with van der Waals surface area (Å²) in [5, 5.41) is 20.9. The zero-order valence-electron chi connectivity index (χ0n) is 10.5. The van der Waals surface area contributed by atoms with Crippen molar-refractivity contribution in [2.24, 2.45) is 5.92 Å². The Morgan fingerprint density at radius 3 is 2.53 bits per heavy atom. The van der Waals surface area contributed by atoms with Crippen LogP contribution in [0.3, 0.4) is 0 Å². The summed E-state index contributed by atoms with van der Waals surface area (Å²) in [6.45, 7) is 0.551. The molecule has 0 amide bonds. The maximum atomic E-state index is 13.6. The van der Waals surface area contributed by atoms with E-state index in [1.165, 1.54) is 12.1 Å². The van der Waals surface area contributed by atoms with E-state index >= 15 is 0 Å². The number of halogens is 2. The van der Waals surface area contributed by atoms with Crippen LogP contribution >= 0.6 is 0 Å². The van der Waals surface area contributed by atoms with Crippen molar-refractivity contribution in [3.05, 3.63) is 29.3 Å². The highest BCUT2D eigenvalue weighted by Gasteiger charge is 2.20. The first-order valence-corrected chi connectivity index (χ1v) is 6.42. The smallest absolute Gasteiger partial charge is 0.183 e. The number of aliphatic hydroxyl groups excluding tert-OH is 1. The van der Waals surface area contributed by atoms with E-state index in [0.717, 1.165) is 25.7 Å². The molecular weight excluding hydrogens is 250 g/mol. The molecule has 0 atom stereocenters. The first-order chi connectivity index (χ1) is 9.11. The Bertz CT molecular complexity index is 491. The molecule has 3 nitrogen and oxygen atoms in total. The molecule has 1 aliphatic carbocycles. The summed E-state index contributed by atoms with van der Waals surface area (Å²) < 4.78 is 27.0. The fraction of sp³-hybridized carbons (Fsp3) is 0.500. The number of rotatable bonds is 3. The van der Waals surface area contributed by atoms with Gasteiger partial charge in [0.2, 0.25) is 0 Å². The Morgan fingerprint density at radius 1 is 1.21 bits per heavy atom. The minimum atomic E-state index is -1.11. The summed E-state index contributed by atoms with van der Waals surface area (Å²) in [7, 11) is 0. The van der Waals surface area contributed by atoms with Crippen molar-refractivity contribution >= 4 is 5.69 Å². The molecule has 2 N–H and O–H groups in total. The van der Waals surface area contributed by atoms with Gasteiger partial charge in [-0.15, -0.1) is 0 Å². The number of anilines is 1. The summed E-state index contributed by atoms with van der Waals surface area (Å²) in [6.07, 6.45) is 3.07. The predicted octanol–water partition coefficient (Wildman–Crippen LogP) is 2.80. The normalized spacial score (nSPS) is 22.8. The van der Waals surface area contributed by atoms with Gasteiger partial charge in [0, 0.05) is 6.54 Å². The number of nitrogens with zero attached hydrogens (tertiary/aromatic N) is 1. The lowest BCUT2D eigenvalue weighted by Gasteiger charge is -2.25. The SMILES string of the molecule is N#Cc1ccc(NCC2CCC(O)CC2)c(F)c1F. The van der Waals surface area contributed by atoms with Crippen LogP contribution in [0.2, 0.25) is 0 Å². The predicted molar refractivity (Wildman–Crippen MR) is 67.5 cm³/mol. The van der Waals surface area contributed by atoms with Gasteiger partial charge < -0.3 is 10.4 Å². The van der Waals surface area contributed by atoms with E-state index in [4.69, 9.17) is 5.26 Å². The average Bonchev–Trinajstić information content (AvgIpc) is 2.42. The molecule has 0 heterocycles. The first kappa shape index (κ1) is 13.8. The lowest BCUT2D eigenvalue weighted by atomic mass is 9.87. The third-order valence-corrected chi connectivity index (χ3v) is 3.60. The molecule has 1 aromatic carbocycles. The quantitative estimate of drug-likeness (QED) is 0.884. The van der Waals surface area contributed by atoms with Gasteiger partial charge in [-0.3, -0.25) is 0 Å². The molecule has 0 spiro atoms. The monoisotopic (exact) mass is 266 g/mol. The molecule has 0 unspecified atom stereocenters.